The highest BCUT2D eigenvalue weighted by Crippen LogP contribution is 2.17. The second-order valence-electron chi connectivity index (χ2n) is 4.95. The second kappa shape index (κ2) is 7.33. The highest BCUT2D eigenvalue weighted by atomic mass is 32.2. The van der Waals surface area contributed by atoms with Gasteiger partial charge in [0.05, 0.1) is 5.75 Å². The van der Waals surface area contributed by atoms with Crippen LogP contribution >= 0.6 is 11.8 Å². The van der Waals surface area contributed by atoms with Gasteiger partial charge in [0.1, 0.15) is 0 Å². The van der Waals surface area contributed by atoms with E-state index in [0.29, 0.717) is 18.7 Å². The van der Waals surface area contributed by atoms with Crippen molar-refractivity contribution in [2.75, 3.05) is 23.9 Å². The van der Waals surface area contributed by atoms with Crippen LogP contribution in [0, 0.1) is 0 Å². The van der Waals surface area contributed by atoms with Gasteiger partial charge in [-0.2, -0.15) is 11.8 Å². The molecular weight excluding hydrogens is 272 g/mol. The first-order valence-electron chi connectivity index (χ1n) is 6.84. The zero-order valence-electron chi connectivity index (χ0n) is 11.7. The third-order valence-corrected chi connectivity index (χ3v) is 3.83. The molecule has 0 atom stereocenters. The summed E-state index contributed by atoms with van der Waals surface area (Å²) in [5.74, 6) is 0.686. The number of rotatable bonds is 5. The molecule has 0 aromatic heterocycles. The van der Waals surface area contributed by atoms with Gasteiger partial charge in [-0.05, 0) is 36.8 Å². The lowest BCUT2D eigenvalue weighted by Gasteiger charge is -2.26. The van der Waals surface area contributed by atoms with Crippen LogP contribution in [0.25, 0.3) is 0 Å². The maximum Gasteiger partial charge on any atom is 0.234 e. The summed E-state index contributed by atoms with van der Waals surface area (Å²) in [6.45, 7) is 1.47. The highest BCUT2D eigenvalue weighted by molar-refractivity contribution is 7.99. The summed E-state index contributed by atoms with van der Waals surface area (Å²) in [6, 6.07) is 7.73. The molecule has 1 aromatic rings. The van der Waals surface area contributed by atoms with Crippen LogP contribution in [0.15, 0.2) is 24.3 Å². The van der Waals surface area contributed by atoms with Gasteiger partial charge in [0, 0.05) is 25.2 Å². The molecule has 1 saturated heterocycles. The highest BCUT2D eigenvalue weighted by Gasteiger charge is 2.17. The standard InChI is InChI=1S/C15H20N2O2S/c1-20-11-14(18)16-13-6-4-5-12(9-13)10-17-8-3-2-7-15(17)19/h4-6,9H,2-3,7-8,10-11H2,1H3,(H,16,18). The molecule has 5 heteroatoms. The summed E-state index contributed by atoms with van der Waals surface area (Å²) >= 11 is 1.50. The maximum atomic E-state index is 11.8. The number of nitrogens with one attached hydrogen (secondary N) is 1. The molecule has 2 amide bonds. The summed E-state index contributed by atoms with van der Waals surface area (Å²) in [5.41, 5.74) is 1.85. The Morgan fingerprint density at radius 2 is 2.25 bits per heavy atom. The van der Waals surface area contributed by atoms with E-state index in [0.717, 1.165) is 30.6 Å². The van der Waals surface area contributed by atoms with Gasteiger partial charge in [-0.3, -0.25) is 9.59 Å². The van der Waals surface area contributed by atoms with E-state index in [1.165, 1.54) is 11.8 Å². The lowest BCUT2D eigenvalue weighted by molar-refractivity contribution is -0.133. The van der Waals surface area contributed by atoms with Crippen molar-refractivity contribution in [1.29, 1.82) is 0 Å². The molecule has 0 radical (unpaired) electrons. The topological polar surface area (TPSA) is 49.4 Å². The number of likely N-dealkylation sites (tertiary alicyclic amines) is 1. The van der Waals surface area contributed by atoms with E-state index in [1.807, 2.05) is 35.4 Å². The third kappa shape index (κ3) is 4.27. The van der Waals surface area contributed by atoms with E-state index in [1.54, 1.807) is 0 Å². The molecule has 0 unspecified atom stereocenters. The summed E-state index contributed by atoms with van der Waals surface area (Å²) in [6.07, 6.45) is 4.64. The van der Waals surface area contributed by atoms with Crippen molar-refractivity contribution in [2.45, 2.75) is 25.8 Å². The molecular formula is C15H20N2O2S. The molecule has 1 aliphatic heterocycles. The Labute approximate surface area is 123 Å². The van der Waals surface area contributed by atoms with Gasteiger partial charge in [0.2, 0.25) is 11.8 Å². The Morgan fingerprint density at radius 3 is 3.00 bits per heavy atom. The van der Waals surface area contributed by atoms with E-state index in [9.17, 15) is 9.59 Å². The van der Waals surface area contributed by atoms with E-state index in [4.69, 9.17) is 0 Å². The first-order chi connectivity index (χ1) is 9.69. The number of hydrogen-bond donors (Lipinski definition) is 1. The third-order valence-electron chi connectivity index (χ3n) is 3.28. The second-order valence-corrected chi connectivity index (χ2v) is 5.82. The Bertz CT molecular complexity index is 491. The molecule has 0 saturated carbocycles. The number of amides is 2. The average molecular weight is 292 g/mol. The average Bonchev–Trinajstić information content (AvgIpc) is 2.42. The molecule has 20 heavy (non-hydrogen) atoms. The molecule has 0 spiro atoms. The van der Waals surface area contributed by atoms with Gasteiger partial charge in [0.15, 0.2) is 0 Å². The summed E-state index contributed by atoms with van der Waals surface area (Å²) in [7, 11) is 0. The van der Waals surface area contributed by atoms with Gasteiger partial charge >= 0.3 is 0 Å². The van der Waals surface area contributed by atoms with Gasteiger partial charge in [-0.25, -0.2) is 0 Å². The molecule has 108 valence electrons. The molecule has 1 aromatic carbocycles. The lowest BCUT2D eigenvalue weighted by atomic mass is 10.1. The van der Waals surface area contributed by atoms with Gasteiger partial charge < -0.3 is 10.2 Å². The minimum Gasteiger partial charge on any atom is -0.338 e. The maximum absolute atomic E-state index is 11.8. The summed E-state index contributed by atoms with van der Waals surface area (Å²) in [4.78, 5) is 25.3. The van der Waals surface area contributed by atoms with Crippen LogP contribution < -0.4 is 5.32 Å². The fraction of sp³-hybridized carbons (Fsp3) is 0.467. The van der Waals surface area contributed by atoms with Crippen molar-refractivity contribution in [3.63, 3.8) is 0 Å². The quantitative estimate of drug-likeness (QED) is 0.907. The Balaban J connectivity index is 1.98. The number of benzene rings is 1. The van der Waals surface area contributed by atoms with Crippen molar-refractivity contribution in [1.82, 2.24) is 4.90 Å². The SMILES string of the molecule is CSCC(=O)Nc1cccc(CN2CCCCC2=O)c1. The molecule has 1 heterocycles. The minimum absolute atomic E-state index is 0.00342. The number of nitrogens with zero attached hydrogens (tertiary/aromatic N) is 1. The predicted octanol–water partition coefficient (Wildman–Crippen LogP) is 2.50. The molecule has 0 bridgehead atoms. The largest absolute Gasteiger partial charge is 0.338 e. The van der Waals surface area contributed by atoms with Crippen LogP contribution in [0.2, 0.25) is 0 Å². The predicted molar refractivity (Wildman–Crippen MR) is 82.7 cm³/mol. The molecule has 1 N–H and O–H groups in total. The molecule has 0 aliphatic carbocycles. The van der Waals surface area contributed by atoms with E-state index >= 15 is 0 Å². The number of piperidine rings is 1. The number of thioether (sulfide) groups is 1. The Kier molecular flexibility index (Phi) is 5.47. The summed E-state index contributed by atoms with van der Waals surface area (Å²) < 4.78 is 0. The van der Waals surface area contributed by atoms with Crippen molar-refractivity contribution in [3.8, 4) is 0 Å². The molecule has 2 rings (SSSR count). The lowest BCUT2D eigenvalue weighted by Crippen LogP contribution is -2.34. The van der Waals surface area contributed by atoms with Crippen molar-refractivity contribution >= 4 is 29.3 Å². The van der Waals surface area contributed by atoms with Crippen LogP contribution in [0.3, 0.4) is 0 Å². The Morgan fingerprint density at radius 1 is 1.40 bits per heavy atom. The normalized spacial score (nSPS) is 15.2. The van der Waals surface area contributed by atoms with Crippen molar-refractivity contribution in [3.05, 3.63) is 29.8 Å². The van der Waals surface area contributed by atoms with Crippen LogP contribution in [0.5, 0.6) is 0 Å². The zero-order valence-corrected chi connectivity index (χ0v) is 12.5. The van der Waals surface area contributed by atoms with Crippen LogP contribution in [-0.4, -0.2) is 35.3 Å². The fourth-order valence-electron chi connectivity index (χ4n) is 2.32. The number of carbonyl (C=O) groups is 2. The fourth-order valence-corrected chi connectivity index (χ4v) is 2.66. The van der Waals surface area contributed by atoms with E-state index < -0.39 is 0 Å². The smallest absolute Gasteiger partial charge is 0.234 e. The van der Waals surface area contributed by atoms with Gasteiger partial charge in [-0.1, -0.05) is 12.1 Å². The van der Waals surface area contributed by atoms with Gasteiger partial charge in [-0.15, -0.1) is 0 Å². The molecule has 1 fully saturated rings. The van der Waals surface area contributed by atoms with Crippen LogP contribution in [0.1, 0.15) is 24.8 Å². The number of carbonyl (C=O) groups excluding carboxylic acids is 2. The van der Waals surface area contributed by atoms with Crippen LogP contribution in [0.4, 0.5) is 5.69 Å². The molecule has 1 aliphatic rings. The van der Waals surface area contributed by atoms with Crippen molar-refractivity contribution in [2.24, 2.45) is 0 Å². The zero-order chi connectivity index (χ0) is 14.4. The summed E-state index contributed by atoms with van der Waals surface area (Å²) in [5, 5.41) is 2.87. The van der Waals surface area contributed by atoms with Crippen LogP contribution in [-0.2, 0) is 16.1 Å². The van der Waals surface area contributed by atoms with E-state index in [2.05, 4.69) is 5.32 Å². The first-order valence-corrected chi connectivity index (χ1v) is 8.24. The Hall–Kier alpha value is -1.49. The van der Waals surface area contributed by atoms with Crippen molar-refractivity contribution < 1.29 is 9.59 Å². The molecule has 4 nitrogen and oxygen atoms in total. The van der Waals surface area contributed by atoms with E-state index in [-0.39, 0.29) is 11.8 Å². The number of hydrogen-bond acceptors (Lipinski definition) is 3. The minimum atomic E-state index is 0.00342. The van der Waals surface area contributed by atoms with Gasteiger partial charge in [0.25, 0.3) is 0 Å². The first kappa shape index (κ1) is 14.9. The number of anilines is 1. The monoisotopic (exact) mass is 292 g/mol.